The molecule has 0 atom stereocenters. The molecule has 0 rings (SSSR count). The van der Waals surface area contributed by atoms with Crippen LogP contribution in [-0.4, -0.2) is 13.7 Å². The summed E-state index contributed by atoms with van der Waals surface area (Å²) >= 11 is 0. The van der Waals surface area contributed by atoms with Crippen LogP contribution in [0, 0.1) is 0 Å². The molecule has 6 heavy (non-hydrogen) atoms. The van der Waals surface area contributed by atoms with Gasteiger partial charge in [0.05, 0.1) is 0 Å². The van der Waals surface area contributed by atoms with Gasteiger partial charge in [-0.05, 0) is 0 Å². The van der Waals surface area contributed by atoms with Crippen LogP contribution in [0.3, 0.4) is 0 Å². The molecule has 34 valence electrons. The molecular formula is C3H8O2Zn. The van der Waals surface area contributed by atoms with Crippen molar-refractivity contribution >= 4 is 0 Å². The predicted molar refractivity (Wildman–Crippen MR) is 16.5 cm³/mol. The van der Waals surface area contributed by atoms with Crippen LogP contribution in [-0.2, 0) is 19.5 Å². The van der Waals surface area contributed by atoms with Gasteiger partial charge in [0.15, 0.2) is 0 Å². The standard InChI is InChI=1S/C2H5O.CH3O.Zn/c1-2-3;1-2;/h2H2,1H3;1H3;/q2*-1;+2. The zero-order valence-corrected chi connectivity index (χ0v) is 7.20. The zero-order chi connectivity index (χ0) is 4.71. The molecule has 0 aliphatic rings. The van der Waals surface area contributed by atoms with E-state index in [-0.39, 0.29) is 26.1 Å². The Hall–Kier alpha value is 0.543. The molecule has 0 aromatic rings. The summed E-state index contributed by atoms with van der Waals surface area (Å²) in [6, 6.07) is 0. The molecule has 0 bridgehead atoms. The summed E-state index contributed by atoms with van der Waals surface area (Å²) in [5.74, 6) is 0. The zero-order valence-electron chi connectivity index (χ0n) is 4.23. The Balaban J connectivity index is -0.0000000275. The Morgan fingerprint density at radius 2 is 1.33 bits per heavy atom. The summed E-state index contributed by atoms with van der Waals surface area (Å²) in [4.78, 5) is 0. The van der Waals surface area contributed by atoms with E-state index in [0.29, 0.717) is 0 Å². The van der Waals surface area contributed by atoms with Gasteiger partial charge in [0.25, 0.3) is 0 Å². The Labute approximate surface area is 50.9 Å². The molecule has 0 saturated carbocycles. The third-order valence-corrected chi connectivity index (χ3v) is 0. The fourth-order valence-electron chi connectivity index (χ4n) is 0. The monoisotopic (exact) mass is 140 g/mol. The first-order valence-corrected chi connectivity index (χ1v) is 1.40. The van der Waals surface area contributed by atoms with Gasteiger partial charge in [0.1, 0.15) is 0 Å². The maximum atomic E-state index is 8.93. The Kier molecular flexibility index (Phi) is 128. The van der Waals surface area contributed by atoms with Gasteiger partial charge >= 0.3 is 19.5 Å². The fraction of sp³-hybridized carbons (Fsp3) is 1.00. The van der Waals surface area contributed by atoms with E-state index in [9.17, 15) is 0 Å². The Morgan fingerprint density at radius 1 is 1.33 bits per heavy atom. The molecular weight excluding hydrogens is 133 g/mol. The van der Waals surface area contributed by atoms with Crippen molar-refractivity contribution in [2.45, 2.75) is 6.92 Å². The number of hydrogen-bond donors (Lipinski definition) is 0. The second kappa shape index (κ2) is 48.0. The quantitative estimate of drug-likeness (QED) is 0.379. The van der Waals surface area contributed by atoms with Gasteiger partial charge in [0.2, 0.25) is 0 Å². The average Bonchev–Trinajstić information content (AvgIpc) is 1.46. The molecule has 0 aromatic heterocycles. The van der Waals surface area contributed by atoms with Crippen LogP contribution >= 0.6 is 0 Å². The predicted octanol–water partition coefficient (Wildman–Crippen LogP) is -1.66. The van der Waals surface area contributed by atoms with Crippen molar-refractivity contribution in [3.8, 4) is 0 Å². The van der Waals surface area contributed by atoms with E-state index in [0.717, 1.165) is 7.11 Å². The summed E-state index contributed by atoms with van der Waals surface area (Å²) in [5.41, 5.74) is 0. The van der Waals surface area contributed by atoms with Crippen molar-refractivity contribution < 1.29 is 29.7 Å². The van der Waals surface area contributed by atoms with Gasteiger partial charge < -0.3 is 10.2 Å². The first kappa shape index (κ1) is 16.0. The van der Waals surface area contributed by atoms with Crippen molar-refractivity contribution in [1.29, 1.82) is 0 Å². The molecule has 0 spiro atoms. The molecule has 0 aromatic carbocycles. The Bertz CT molecular complexity index is 8.75. The fourth-order valence-corrected chi connectivity index (χ4v) is 0. The van der Waals surface area contributed by atoms with Crippen LogP contribution in [0.1, 0.15) is 6.92 Å². The molecule has 0 amide bonds. The maximum absolute atomic E-state index is 8.93. The van der Waals surface area contributed by atoms with Crippen molar-refractivity contribution in [2.24, 2.45) is 0 Å². The maximum Gasteiger partial charge on any atom is 2.00 e. The number of hydrogen-bond acceptors (Lipinski definition) is 2. The molecule has 2 nitrogen and oxygen atoms in total. The minimum absolute atomic E-state index is 0. The van der Waals surface area contributed by atoms with E-state index in [1.807, 2.05) is 0 Å². The molecule has 0 aliphatic carbocycles. The van der Waals surface area contributed by atoms with Crippen LogP contribution in [0.4, 0.5) is 0 Å². The smallest absolute Gasteiger partial charge is 0.857 e. The van der Waals surface area contributed by atoms with E-state index in [4.69, 9.17) is 10.2 Å². The summed E-state index contributed by atoms with van der Waals surface area (Å²) in [6.45, 7) is 1.57. The SMILES string of the molecule is CC[O-].C[O-].[Zn+2]. The molecule has 0 radical (unpaired) electrons. The minimum Gasteiger partial charge on any atom is -0.857 e. The van der Waals surface area contributed by atoms with Crippen LogP contribution in [0.2, 0.25) is 0 Å². The van der Waals surface area contributed by atoms with E-state index in [1.165, 1.54) is 0 Å². The van der Waals surface area contributed by atoms with E-state index < -0.39 is 0 Å². The molecule has 0 heterocycles. The average molecular weight is 141 g/mol. The first-order chi connectivity index (χ1) is 2.41. The third kappa shape index (κ3) is 193. The Morgan fingerprint density at radius 3 is 1.33 bits per heavy atom. The largest absolute Gasteiger partial charge is 2.00 e. The van der Waals surface area contributed by atoms with Crippen LogP contribution in [0.25, 0.3) is 0 Å². The first-order valence-electron chi connectivity index (χ1n) is 1.40. The summed E-state index contributed by atoms with van der Waals surface area (Å²) < 4.78 is 0. The molecule has 0 unspecified atom stereocenters. The van der Waals surface area contributed by atoms with Gasteiger partial charge in [-0.25, -0.2) is 0 Å². The van der Waals surface area contributed by atoms with Crippen LogP contribution in [0.15, 0.2) is 0 Å². The molecule has 0 N–H and O–H groups in total. The van der Waals surface area contributed by atoms with Gasteiger partial charge in [-0.1, -0.05) is 6.92 Å². The second-order valence-corrected chi connectivity index (χ2v) is 0.289. The van der Waals surface area contributed by atoms with E-state index in [1.54, 1.807) is 6.92 Å². The van der Waals surface area contributed by atoms with Crippen molar-refractivity contribution in [3.63, 3.8) is 0 Å². The second-order valence-electron chi connectivity index (χ2n) is 0.289. The topological polar surface area (TPSA) is 46.1 Å². The van der Waals surface area contributed by atoms with Gasteiger partial charge in [-0.15, -0.1) is 6.61 Å². The molecule has 0 fully saturated rings. The van der Waals surface area contributed by atoms with Gasteiger partial charge in [-0.3, -0.25) is 0 Å². The summed E-state index contributed by atoms with van der Waals surface area (Å²) in [7, 11) is 0.750. The number of rotatable bonds is 0. The molecule has 3 heteroatoms. The van der Waals surface area contributed by atoms with Crippen molar-refractivity contribution in [3.05, 3.63) is 0 Å². The third-order valence-electron chi connectivity index (χ3n) is 0. The van der Waals surface area contributed by atoms with Crippen LogP contribution in [0.5, 0.6) is 0 Å². The van der Waals surface area contributed by atoms with Gasteiger partial charge in [-0.2, -0.15) is 7.11 Å². The molecule has 0 aliphatic heterocycles. The van der Waals surface area contributed by atoms with Crippen LogP contribution < -0.4 is 10.2 Å². The minimum atomic E-state index is 0. The molecule has 0 saturated heterocycles. The summed E-state index contributed by atoms with van der Waals surface area (Å²) in [5, 5.41) is 17.2. The van der Waals surface area contributed by atoms with Crippen molar-refractivity contribution in [2.75, 3.05) is 13.7 Å². The normalized spacial score (nSPS) is 4.00. The van der Waals surface area contributed by atoms with Gasteiger partial charge in [0, 0.05) is 0 Å². The van der Waals surface area contributed by atoms with E-state index in [2.05, 4.69) is 0 Å². The van der Waals surface area contributed by atoms with E-state index >= 15 is 0 Å². The summed E-state index contributed by atoms with van der Waals surface area (Å²) in [6.07, 6.45) is 0. The van der Waals surface area contributed by atoms with Crippen molar-refractivity contribution in [1.82, 2.24) is 0 Å².